The summed E-state index contributed by atoms with van der Waals surface area (Å²) in [4.78, 5) is 169. The fourth-order valence-corrected chi connectivity index (χ4v) is 15.3. The predicted molar refractivity (Wildman–Crippen MR) is 391 cm³/mol. The van der Waals surface area contributed by atoms with Crippen LogP contribution in [0.5, 0.6) is 0 Å². The number of hydrogen-bond acceptors (Lipinski definition) is 23. The Bertz CT molecular complexity index is 3870. The van der Waals surface area contributed by atoms with Gasteiger partial charge in [-0.1, -0.05) is 102 Å². The van der Waals surface area contributed by atoms with Crippen LogP contribution in [0.4, 0.5) is 24.9 Å². The number of likely N-dealkylation sites (N-methyl/N-ethyl adjacent to an activating group) is 2. The van der Waals surface area contributed by atoms with Crippen LogP contribution < -0.4 is 32.3 Å². The molecule has 5 aliphatic rings. The number of fused-ring (bicyclic) bond motifs is 5. The van der Waals surface area contributed by atoms with Gasteiger partial charge in [0.1, 0.15) is 72.6 Å². The van der Waals surface area contributed by atoms with Gasteiger partial charge in [-0.05, 0) is 113 Å². The second-order valence-electron chi connectivity index (χ2n) is 30.9. The molecule has 0 aromatic heterocycles. The van der Waals surface area contributed by atoms with Crippen LogP contribution in [0.1, 0.15) is 149 Å². The van der Waals surface area contributed by atoms with Gasteiger partial charge in [0.15, 0.2) is 17.2 Å². The van der Waals surface area contributed by atoms with Crippen LogP contribution >= 0.6 is 0 Å². The van der Waals surface area contributed by atoms with Crippen molar-refractivity contribution in [2.24, 2.45) is 34.3 Å². The van der Waals surface area contributed by atoms with E-state index in [0.29, 0.717) is 17.7 Å². The molecule has 2 aliphatic heterocycles. The van der Waals surface area contributed by atoms with Crippen molar-refractivity contribution in [3.05, 3.63) is 113 Å². The smallest absolute Gasteiger partial charge is 0.410 e. The highest BCUT2D eigenvalue weighted by Crippen LogP contribution is 2.65. The van der Waals surface area contributed by atoms with Gasteiger partial charge in [0.05, 0.1) is 29.6 Å². The molecule has 8 rings (SSSR count). The summed E-state index contributed by atoms with van der Waals surface area (Å²) in [5, 5.41) is 27.6. The molecular formula is C78H106N8O23. The zero-order valence-corrected chi connectivity index (χ0v) is 64.8. The molecule has 109 heavy (non-hydrogen) atoms. The third-order valence-electron chi connectivity index (χ3n) is 21.3. The number of nitrogens with two attached hydrogens (primary N) is 1. The lowest BCUT2D eigenvalue weighted by Crippen LogP contribution is -2.82. The van der Waals surface area contributed by atoms with E-state index in [-0.39, 0.29) is 92.5 Å². The number of amides is 8. The Labute approximate surface area is 634 Å². The van der Waals surface area contributed by atoms with E-state index in [2.05, 4.69) is 26.6 Å². The fourth-order valence-electron chi connectivity index (χ4n) is 15.3. The number of carbonyl (C=O) groups is 12. The number of aliphatic hydroxyl groups is 1. The number of Topliss-reactive ketones (excluding diaryl/α,β-unsaturated/α-hetero) is 2. The highest BCUT2D eigenvalue weighted by atomic mass is 16.6. The molecule has 3 unspecified atom stereocenters. The van der Waals surface area contributed by atoms with Crippen molar-refractivity contribution in [3.63, 3.8) is 0 Å². The zero-order valence-electron chi connectivity index (χ0n) is 64.8. The number of esters is 3. The lowest BCUT2D eigenvalue weighted by atomic mass is 9.44. The van der Waals surface area contributed by atoms with E-state index in [1.165, 1.54) is 52.3 Å². The summed E-state index contributed by atoms with van der Waals surface area (Å²) in [6, 6.07) is 17.6. The molecule has 3 aliphatic carbocycles. The number of hydrogen-bond donors (Lipinski definition) is 7. The summed E-state index contributed by atoms with van der Waals surface area (Å²) < 4.78 is 61.1. The molecule has 2 bridgehead atoms. The average Bonchev–Trinajstić information content (AvgIpc) is 1.09. The topological polar surface area (TPSA) is 410 Å². The van der Waals surface area contributed by atoms with Crippen molar-refractivity contribution in [1.29, 1.82) is 0 Å². The van der Waals surface area contributed by atoms with Crippen LogP contribution in [-0.4, -0.2) is 219 Å². The van der Waals surface area contributed by atoms with Crippen LogP contribution in [-0.2, 0) is 87.5 Å². The number of ether oxygens (including phenoxy) is 10. The summed E-state index contributed by atoms with van der Waals surface area (Å²) in [6.07, 6.45) is -13.3. The summed E-state index contributed by atoms with van der Waals surface area (Å²) in [5.74, 6) is -7.72. The standard InChI is InChI=1S/C78H106N8O23/c1-42(2)57(83-66(91)52-34-33-51(104-52)59(88)43(3)4)67(92)82-50(28-23-35-80-70(79)95)65(90)81-49-31-29-46(30-32-49)40-102-72(97)85(13)36-37-86(14)73(98)106-61(58(47-24-19-17-20-25-47)84-71(96)109-74(7,8)9)69(94)105-53-39-78(99)64(107-68(93)48-26-21-18-22-27-48)62-76(12,63(89)60(101-16)56(44(53)5)75(78,10)11)54(100-15)38-55-77(62,41-103-55)108-45(6)87/h17-22,24-27,29-32,42-43,50-55,57-58,60-62,64,99H,23,28,33-41H2,1-16H3,(H,81,90)(H,82,92)(H,83,91)(H,84,96)(H3,79,80,95)/t50-,51?,52?,53-,54-,55+,57-,58-,60+,61+,62?,64-,76+,77-,78+/m0/s1. The van der Waals surface area contributed by atoms with Crippen LogP contribution in [0.3, 0.4) is 0 Å². The summed E-state index contributed by atoms with van der Waals surface area (Å²) in [6.45, 7) is 18.6. The van der Waals surface area contributed by atoms with Crippen molar-refractivity contribution in [3.8, 4) is 0 Å². The first-order valence-electron chi connectivity index (χ1n) is 36.6. The van der Waals surface area contributed by atoms with Gasteiger partial charge in [-0.15, -0.1) is 0 Å². The Hall–Kier alpha value is -9.56. The number of nitrogens with zero attached hydrogens (tertiary/aromatic N) is 2. The molecule has 0 spiro atoms. The molecule has 2 saturated carbocycles. The fraction of sp³-hybridized carbons (Fsp3) is 0.590. The van der Waals surface area contributed by atoms with Gasteiger partial charge in [0.25, 0.3) is 0 Å². The van der Waals surface area contributed by atoms with E-state index in [0.717, 1.165) is 4.90 Å². The van der Waals surface area contributed by atoms with Crippen molar-refractivity contribution in [2.45, 2.75) is 212 Å². The maximum atomic E-state index is 16.1. The number of benzene rings is 3. The van der Waals surface area contributed by atoms with Crippen LogP contribution in [0.2, 0.25) is 0 Å². The number of ketones is 2. The Morgan fingerprint density at radius 1 is 0.780 bits per heavy atom. The van der Waals surface area contributed by atoms with E-state index in [1.807, 2.05) is 0 Å². The number of anilines is 1. The number of primary amides is 1. The van der Waals surface area contributed by atoms with Gasteiger partial charge in [-0.3, -0.25) is 28.8 Å². The van der Waals surface area contributed by atoms with Crippen molar-refractivity contribution >= 4 is 77.2 Å². The van der Waals surface area contributed by atoms with Gasteiger partial charge in [-0.25, -0.2) is 28.8 Å². The normalized spacial score (nSPS) is 25.8. The van der Waals surface area contributed by atoms with Crippen LogP contribution in [0, 0.1) is 28.6 Å². The summed E-state index contributed by atoms with van der Waals surface area (Å²) >= 11 is 0. The first kappa shape index (κ1) is 85.1. The van der Waals surface area contributed by atoms with Crippen molar-refractivity contribution < 1.29 is 110 Å². The van der Waals surface area contributed by atoms with E-state index in [9.17, 15) is 53.1 Å². The number of alkyl carbamates (subject to hydrolysis) is 1. The third kappa shape index (κ3) is 19.2. The lowest BCUT2D eigenvalue weighted by Gasteiger charge is -2.67. The second kappa shape index (κ2) is 35.4. The Morgan fingerprint density at radius 2 is 1.40 bits per heavy atom. The monoisotopic (exact) mass is 1520 g/mol. The number of nitrogens with one attached hydrogen (secondary N) is 5. The molecule has 8 N–H and O–H groups in total. The van der Waals surface area contributed by atoms with E-state index in [1.54, 1.807) is 149 Å². The first-order valence-corrected chi connectivity index (χ1v) is 36.6. The molecule has 15 atom stereocenters. The average molecular weight is 1520 g/mol. The van der Waals surface area contributed by atoms with Crippen molar-refractivity contribution in [2.75, 3.05) is 59.9 Å². The van der Waals surface area contributed by atoms with Crippen molar-refractivity contribution in [1.82, 2.24) is 31.1 Å². The third-order valence-corrected chi connectivity index (χ3v) is 21.3. The number of rotatable bonds is 29. The molecule has 31 heteroatoms. The second-order valence-corrected chi connectivity index (χ2v) is 30.9. The van der Waals surface area contributed by atoms with E-state index < -0.39 is 179 Å². The Morgan fingerprint density at radius 3 is 1.97 bits per heavy atom. The molecule has 8 amide bonds. The van der Waals surface area contributed by atoms with Gasteiger partial charge in [0, 0.05) is 84.7 Å². The number of carbonyl (C=O) groups excluding carboxylic acids is 12. The molecule has 31 nitrogen and oxygen atoms in total. The SMILES string of the molecule is CO[C@H]1C(=O)[C@@]2(C)C([C@H](OC(=O)c3ccccc3)[C@]3(O)C[C@H](OC(=O)[C@H](OC(=O)N(C)CCN(C)C(=O)OCc4ccc(NC(=O)[C@H](CCCNC(N)=O)NC(=O)[C@@H](NC(=O)C5CCC(C(=O)C(C)C)O5)C(C)C)cc4)[C@@H](NC(=O)OC(C)(C)C)c4ccccc4)C(C)=C1C3(C)C)[C@]1(OC(C)=O)CO[C@@H]1C[C@@H]2OC. The summed E-state index contributed by atoms with van der Waals surface area (Å²) in [7, 11) is 5.44. The minimum Gasteiger partial charge on any atom is -0.455 e. The maximum absolute atomic E-state index is 16.1. The van der Waals surface area contributed by atoms with E-state index in [4.69, 9.17) is 53.1 Å². The number of urea groups is 1. The van der Waals surface area contributed by atoms with Gasteiger partial charge in [0.2, 0.25) is 23.8 Å². The molecule has 0 radical (unpaired) electrons. The molecular weight excluding hydrogens is 1420 g/mol. The predicted octanol–water partition coefficient (Wildman–Crippen LogP) is 6.70. The molecule has 3 aromatic rings. The molecule has 3 aromatic carbocycles. The highest BCUT2D eigenvalue weighted by molar-refractivity contribution is 5.99. The number of methoxy groups -OCH3 is 2. The quantitative estimate of drug-likeness (QED) is 0.0164. The van der Waals surface area contributed by atoms with Gasteiger partial charge >= 0.3 is 42.2 Å². The van der Waals surface area contributed by atoms with E-state index >= 15 is 9.59 Å². The molecule has 596 valence electrons. The zero-order chi connectivity index (χ0) is 80.4. The van der Waals surface area contributed by atoms with Gasteiger partial charge in [-0.2, -0.15) is 0 Å². The summed E-state index contributed by atoms with van der Waals surface area (Å²) in [5.41, 5.74) is -1.90. The lowest BCUT2D eigenvalue weighted by molar-refractivity contribution is -0.347. The maximum Gasteiger partial charge on any atom is 0.410 e. The Balaban J connectivity index is 0.999. The van der Waals surface area contributed by atoms with Gasteiger partial charge < -0.3 is 94.6 Å². The van der Waals surface area contributed by atoms with Crippen LogP contribution in [0.25, 0.3) is 0 Å². The molecule has 4 fully saturated rings. The minimum absolute atomic E-state index is 0.0373. The van der Waals surface area contributed by atoms with Crippen LogP contribution in [0.15, 0.2) is 96.1 Å². The minimum atomic E-state index is -2.40. The largest absolute Gasteiger partial charge is 0.455 e. The first-order chi connectivity index (χ1) is 51.2. The Kier molecular flexibility index (Phi) is 27.6. The highest BCUT2D eigenvalue weighted by Gasteiger charge is 2.78. The molecule has 2 saturated heterocycles. The molecule has 2 heterocycles.